The molecule has 1 unspecified atom stereocenters. The van der Waals surface area contributed by atoms with Crippen LogP contribution in [0, 0.1) is 0 Å². The number of amides is 1. The first-order valence-corrected chi connectivity index (χ1v) is 5.41. The van der Waals surface area contributed by atoms with Crippen LogP contribution in [0.2, 0.25) is 0 Å². The average molecular weight is 235 g/mol. The summed E-state index contributed by atoms with van der Waals surface area (Å²) in [5.74, 6) is 0. The van der Waals surface area contributed by atoms with Gasteiger partial charge in [0.2, 0.25) is 0 Å². The second kappa shape index (κ2) is 4.18. The molecule has 16 heavy (non-hydrogen) atoms. The van der Waals surface area contributed by atoms with E-state index < -0.39 is 24.0 Å². The molecule has 0 N–H and O–H groups in total. The summed E-state index contributed by atoms with van der Waals surface area (Å²) >= 11 is 0. The van der Waals surface area contributed by atoms with Crippen LogP contribution in [0.5, 0.6) is 0 Å². The molecule has 1 fully saturated rings. The monoisotopic (exact) mass is 235 g/mol. The Morgan fingerprint density at radius 2 is 2.12 bits per heavy atom. The van der Waals surface area contributed by atoms with Crippen LogP contribution >= 0.6 is 0 Å². The topological polar surface area (TPSA) is 29.5 Å². The molecule has 94 valence electrons. The van der Waals surface area contributed by atoms with E-state index in [1.54, 1.807) is 27.7 Å². The molecular weight excluding hydrogens is 216 g/mol. The molecule has 0 radical (unpaired) electrons. The molecule has 3 nitrogen and oxygen atoms in total. The number of hydrogen-bond acceptors (Lipinski definition) is 2. The second-order valence-corrected chi connectivity index (χ2v) is 5.45. The molecule has 0 aromatic rings. The Morgan fingerprint density at radius 3 is 2.50 bits per heavy atom. The zero-order valence-electron chi connectivity index (χ0n) is 10.2. The molecule has 1 amide bonds. The second-order valence-electron chi connectivity index (χ2n) is 5.45. The van der Waals surface area contributed by atoms with E-state index in [0.717, 1.165) is 0 Å². The summed E-state index contributed by atoms with van der Waals surface area (Å²) in [6.45, 7) is 5.63. The minimum absolute atomic E-state index is 0.0305. The molecular formula is C11H19F2NO2. The van der Waals surface area contributed by atoms with Crippen LogP contribution in [0.4, 0.5) is 13.6 Å². The fourth-order valence-electron chi connectivity index (χ4n) is 1.83. The maximum absolute atomic E-state index is 13.7. The van der Waals surface area contributed by atoms with Crippen LogP contribution in [0.3, 0.4) is 0 Å². The average Bonchev–Trinajstić information content (AvgIpc) is 2.40. The predicted molar refractivity (Wildman–Crippen MR) is 56.8 cm³/mol. The first-order valence-electron chi connectivity index (χ1n) is 5.41. The van der Waals surface area contributed by atoms with Crippen molar-refractivity contribution in [3.63, 3.8) is 0 Å². The van der Waals surface area contributed by atoms with E-state index in [2.05, 4.69) is 0 Å². The maximum atomic E-state index is 13.7. The highest BCUT2D eigenvalue weighted by molar-refractivity contribution is 5.69. The maximum Gasteiger partial charge on any atom is 0.410 e. The number of carbonyl (C=O) groups is 1. The van der Waals surface area contributed by atoms with Crippen LogP contribution in [-0.4, -0.2) is 41.5 Å². The van der Waals surface area contributed by atoms with E-state index in [1.165, 1.54) is 4.90 Å². The summed E-state index contributed by atoms with van der Waals surface area (Å²) < 4.78 is 31.3. The third-order valence-electron chi connectivity index (χ3n) is 2.51. The Balaban J connectivity index is 2.65. The van der Waals surface area contributed by atoms with E-state index in [-0.39, 0.29) is 19.0 Å². The van der Waals surface area contributed by atoms with E-state index in [9.17, 15) is 13.6 Å². The molecule has 0 spiro atoms. The first-order chi connectivity index (χ1) is 7.17. The molecule has 2 atom stereocenters. The van der Waals surface area contributed by atoms with Gasteiger partial charge in [-0.05, 0) is 27.7 Å². The molecule has 1 rings (SSSR count). The van der Waals surface area contributed by atoms with Gasteiger partial charge in [0.05, 0.1) is 6.54 Å². The highest BCUT2D eigenvalue weighted by Crippen LogP contribution is 2.32. The van der Waals surface area contributed by atoms with Crippen molar-refractivity contribution in [2.45, 2.75) is 51.4 Å². The van der Waals surface area contributed by atoms with E-state index >= 15 is 0 Å². The fourth-order valence-corrected chi connectivity index (χ4v) is 1.83. The zero-order chi connectivity index (χ0) is 12.6. The number of alkyl halides is 2. The number of ether oxygens (including phenoxy) is 1. The highest BCUT2D eigenvalue weighted by Gasteiger charge is 2.46. The van der Waals surface area contributed by atoms with Crippen LogP contribution in [0.1, 0.15) is 34.1 Å². The van der Waals surface area contributed by atoms with Crippen molar-refractivity contribution in [1.29, 1.82) is 0 Å². The lowest BCUT2D eigenvalue weighted by Crippen LogP contribution is -2.40. The van der Waals surface area contributed by atoms with Crippen molar-refractivity contribution in [2.24, 2.45) is 0 Å². The van der Waals surface area contributed by atoms with Gasteiger partial charge in [0, 0.05) is 12.5 Å². The number of hydrogen-bond donors (Lipinski definition) is 0. The van der Waals surface area contributed by atoms with E-state index in [1.807, 2.05) is 0 Å². The normalized spacial score (nSPS) is 30.6. The van der Waals surface area contributed by atoms with Crippen molar-refractivity contribution >= 4 is 6.09 Å². The summed E-state index contributed by atoms with van der Waals surface area (Å²) in [5.41, 5.74) is -2.52. The van der Waals surface area contributed by atoms with Gasteiger partial charge in [-0.3, -0.25) is 0 Å². The number of rotatable bonds is 1. The van der Waals surface area contributed by atoms with Crippen molar-refractivity contribution in [1.82, 2.24) is 4.90 Å². The lowest BCUT2D eigenvalue weighted by atomic mass is 10.1. The Labute approximate surface area is 94.7 Å². The molecule has 0 aromatic heterocycles. The third kappa shape index (κ3) is 3.06. The minimum Gasteiger partial charge on any atom is -0.444 e. The quantitative estimate of drug-likeness (QED) is 0.699. The minimum atomic E-state index is -1.91. The van der Waals surface area contributed by atoms with Crippen LogP contribution < -0.4 is 0 Å². The number of carbonyl (C=O) groups excluding carboxylic acids is 1. The van der Waals surface area contributed by atoms with E-state index in [0.29, 0.717) is 0 Å². The SMILES string of the molecule is C[C@@H]1CC(F)(CF)CN1C(=O)OC(C)(C)C. The van der Waals surface area contributed by atoms with Gasteiger partial charge in [-0.15, -0.1) is 0 Å². The molecule has 1 aliphatic heterocycles. The standard InChI is InChI=1S/C11H19F2NO2/c1-8-5-11(13,6-12)7-14(8)9(15)16-10(2,3)4/h8H,5-7H2,1-4H3/t8-,11?/m1/s1. The number of halogens is 2. The van der Waals surface area contributed by atoms with Crippen LogP contribution in [0.15, 0.2) is 0 Å². The van der Waals surface area contributed by atoms with Crippen molar-refractivity contribution in [3.05, 3.63) is 0 Å². The Morgan fingerprint density at radius 1 is 1.56 bits per heavy atom. The first kappa shape index (κ1) is 13.2. The van der Waals surface area contributed by atoms with Crippen LogP contribution in [0.25, 0.3) is 0 Å². The Kier molecular flexibility index (Phi) is 3.45. The Bertz CT molecular complexity index is 278. The number of nitrogens with zero attached hydrogens (tertiary/aromatic N) is 1. The van der Waals surface area contributed by atoms with Crippen molar-refractivity contribution in [3.8, 4) is 0 Å². The summed E-state index contributed by atoms with van der Waals surface area (Å²) in [7, 11) is 0. The van der Waals surface area contributed by atoms with Gasteiger partial charge in [-0.2, -0.15) is 0 Å². The van der Waals surface area contributed by atoms with Gasteiger partial charge in [0.25, 0.3) is 0 Å². The molecule has 1 aliphatic rings. The smallest absolute Gasteiger partial charge is 0.410 e. The molecule has 0 bridgehead atoms. The molecule has 1 heterocycles. The molecule has 0 saturated carbocycles. The van der Waals surface area contributed by atoms with Gasteiger partial charge in [-0.25, -0.2) is 13.6 Å². The van der Waals surface area contributed by atoms with Crippen molar-refractivity contribution < 1.29 is 18.3 Å². The van der Waals surface area contributed by atoms with Gasteiger partial charge in [0.15, 0.2) is 5.67 Å². The predicted octanol–water partition coefficient (Wildman–Crippen LogP) is 2.69. The lowest BCUT2D eigenvalue weighted by Gasteiger charge is -2.27. The van der Waals surface area contributed by atoms with Gasteiger partial charge in [0.1, 0.15) is 12.3 Å². The van der Waals surface area contributed by atoms with E-state index in [4.69, 9.17) is 4.74 Å². The van der Waals surface area contributed by atoms with Gasteiger partial charge < -0.3 is 9.64 Å². The van der Waals surface area contributed by atoms with Gasteiger partial charge >= 0.3 is 6.09 Å². The zero-order valence-corrected chi connectivity index (χ0v) is 10.2. The highest BCUT2D eigenvalue weighted by atomic mass is 19.2. The fraction of sp³-hybridized carbons (Fsp3) is 0.909. The lowest BCUT2D eigenvalue weighted by molar-refractivity contribution is 0.0202. The molecule has 5 heteroatoms. The van der Waals surface area contributed by atoms with Gasteiger partial charge in [-0.1, -0.05) is 0 Å². The number of likely N-dealkylation sites (tertiary alicyclic amines) is 1. The molecule has 0 aromatic carbocycles. The molecule has 0 aliphatic carbocycles. The van der Waals surface area contributed by atoms with Crippen molar-refractivity contribution in [2.75, 3.05) is 13.2 Å². The largest absolute Gasteiger partial charge is 0.444 e. The summed E-state index contributed by atoms with van der Waals surface area (Å²) in [6.07, 6.45) is -0.545. The molecule has 1 saturated heterocycles. The Hall–Kier alpha value is -0.870. The summed E-state index contributed by atoms with van der Waals surface area (Å²) in [5, 5.41) is 0. The van der Waals surface area contributed by atoms with Crippen LogP contribution in [-0.2, 0) is 4.74 Å². The summed E-state index contributed by atoms with van der Waals surface area (Å²) in [4.78, 5) is 12.9. The summed E-state index contributed by atoms with van der Waals surface area (Å²) in [6, 6.07) is -0.324. The third-order valence-corrected chi connectivity index (χ3v) is 2.51.